The first-order valence-electron chi connectivity index (χ1n) is 7.23. The summed E-state index contributed by atoms with van der Waals surface area (Å²) in [6, 6.07) is 6.60. The van der Waals surface area contributed by atoms with Gasteiger partial charge in [-0.1, -0.05) is 13.8 Å². The van der Waals surface area contributed by atoms with Crippen LogP contribution in [-0.4, -0.2) is 38.8 Å². The Morgan fingerprint density at radius 3 is 2.41 bits per heavy atom. The molecule has 7 nitrogen and oxygen atoms in total. The Kier molecular flexibility index (Phi) is 5.48. The second-order valence-corrected chi connectivity index (χ2v) is 5.47. The van der Waals surface area contributed by atoms with E-state index in [2.05, 4.69) is 20.8 Å². The fraction of sp³-hybridized carbons (Fsp3) is 0.400. The van der Waals surface area contributed by atoms with Gasteiger partial charge in [-0.3, -0.25) is 0 Å². The van der Waals surface area contributed by atoms with E-state index in [0.717, 1.165) is 12.1 Å². The number of amides is 2. The number of carbonyl (C=O) groups is 1. The summed E-state index contributed by atoms with van der Waals surface area (Å²) in [5, 5.41) is 22.8. The van der Waals surface area contributed by atoms with Gasteiger partial charge in [-0.2, -0.15) is 15.0 Å². The van der Waals surface area contributed by atoms with Crippen LogP contribution in [0.25, 0.3) is 5.69 Å². The number of hydrogen-bond acceptors (Lipinski definition) is 4. The number of benzene rings is 1. The predicted octanol–water partition coefficient (Wildman–Crippen LogP) is 1.80. The van der Waals surface area contributed by atoms with Crippen molar-refractivity contribution in [2.75, 3.05) is 11.9 Å². The first-order chi connectivity index (χ1) is 10.6. The lowest BCUT2D eigenvalue weighted by Gasteiger charge is -2.18. The summed E-state index contributed by atoms with van der Waals surface area (Å²) in [6.07, 6.45) is 3.93. The molecule has 0 bridgehead atoms. The average molecular weight is 303 g/mol. The van der Waals surface area contributed by atoms with Gasteiger partial charge in [0.2, 0.25) is 0 Å². The molecule has 0 spiro atoms. The van der Waals surface area contributed by atoms with E-state index >= 15 is 0 Å². The van der Waals surface area contributed by atoms with Crippen molar-refractivity contribution in [1.29, 1.82) is 0 Å². The van der Waals surface area contributed by atoms with Crippen LogP contribution in [0.1, 0.15) is 20.3 Å². The van der Waals surface area contributed by atoms with Crippen LogP contribution in [-0.2, 0) is 0 Å². The van der Waals surface area contributed by atoms with Crippen molar-refractivity contribution in [3.05, 3.63) is 36.7 Å². The Morgan fingerprint density at radius 2 is 1.86 bits per heavy atom. The highest BCUT2D eigenvalue weighted by Crippen LogP contribution is 2.12. The molecule has 0 saturated carbocycles. The van der Waals surface area contributed by atoms with Crippen LogP contribution in [0.15, 0.2) is 36.7 Å². The summed E-state index contributed by atoms with van der Waals surface area (Å²) >= 11 is 0. The zero-order valence-electron chi connectivity index (χ0n) is 12.7. The molecule has 2 amide bonds. The maximum atomic E-state index is 11.9. The molecule has 22 heavy (non-hydrogen) atoms. The first-order valence-corrected chi connectivity index (χ1v) is 7.23. The van der Waals surface area contributed by atoms with Crippen LogP contribution in [0.2, 0.25) is 0 Å². The molecule has 118 valence electrons. The average Bonchev–Trinajstić information content (AvgIpc) is 3.01. The summed E-state index contributed by atoms with van der Waals surface area (Å²) in [7, 11) is 0. The van der Waals surface area contributed by atoms with Gasteiger partial charge in [-0.15, -0.1) is 0 Å². The van der Waals surface area contributed by atoms with Crippen molar-refractivity contribution < 1.29 is 9.90 Å². The molecular weight excluding hydrogens is 282 g/mol. The number of hydrogen-bond donors (Lipinski definition) is 3. The monoisotopic (exact) mass is 303 g/mol. The summed E-state index contributed by atoms with van der Waals surface area (Å²) < 4.78 is 0. The second kappa shape index (κ2) is 7.56. The Morgan fingerprint density at radius 1 is 1.23 bits per heavy atom. The van der Waals surface area contributed by atoms with Gasteiger partial charge < -0.3 is 15.7 Å². The molecule has 3 N–H and O–H groups in total. The fourth-order valence-electron chi connectivity index (χ4n) is 2.13. The molecule has 7 heteroatoms. The third kappa shape index (κ3) is 4.56. The van der Waals surface area contributed by atoms with Gasteiger partial charge in [-0.25, -0.2) is 4.79 Å². The van der Waals surface area contributed by atoms with Crippen molar-refractivity contribution >= 4 is 11.7 Å². The highest BCUT2D eigenvalue weighted by molar-refractivity contribution is 5.89. The lowest BCUT2D eigenvalue weighted by Crippen LogP contribution is -2.40. The van der Waals surface area contributed by atoms with E-state index in [1.165, 1.54) is 4.80 Å². The van der Waals surface area contributed by atoms with Gasteiger partial charge in [0.15, 0.2) is 0 Å². The molecule has 0 aliphatic carbocycles. The quantitative estimate of drug-likeness (QED) is 0.758. The molecule has 1 aromatic carbocycles. The Bertz CT molecular complexity index is 580. The van der Waals surface area contributed by atoms with E-state index in [1.54, 1.807) is 24.5 Å². The Hall–Kier alpha value is -2.41. The number of nitrogens with zero attached hydrogens (tertiary/aromatic N) is 3. The standard InChI is InChI=1S/C15H21N5O2/c1-11(2)9-13(10-21)19-15(22)18-12-3-5-14(6-4-12)20-16-7-8-17-20/h3-8,11,13,21H,9-10H2,1-2H3,(H2,18,19,22). The zero-order valence-corrected chi connectivity index (χ0v) is 12.7. The van der Waals surface area contributed by atoms with Crippen LogP contribution >= 0.6 is 0 Å². The highest BCUT2D eigenvalue weighted by atomic mass is 16.3. The van der Waals surface area contributed by atoms with Gasteiger partial charge in [-0.05, 0) is 36.6 Å². The summed E-state index contributed by atoms with van der Waals surface area (Å²) in [4.78, 5) is 13.4. The Balaban J connectivity index is 1.91. The van der Waals surface area contributed by atoms with Crippen LogP contribution in [0, 0.1) is 5.92 Å². The molecule has 0 radical (unpaired) electrons. The molecule has 1 atom stereocenters. The molecule has 0 aliphatic rings. The van der Waals surface area contributed by atoms with Gasteiger partial charge in [0.05, 0.1) is 30.7 Å². The second-order valence-electron chi connectivity index (χ2n) is 5.47. The number of anilines is 1. The molecule has 1 unspecified atom stereocenters. The predicted molar refractivity (Wildman–Crippen MR) is 83.8 cm³/mol. The van der Waals surface area contributed by atoms with Crippen LogP contribution in [0.4, 0.5) is 10.5 Å². The van der Waals surface area contributed by atoms with E-state index < -0.39 is 0 Å². The number of carbonyl (C=O) groups excluding carboxylic acids is 1. The SMILES string of the molecule is CC(C)CC(CO)NC(=O)Nc1ccc(-n2nccn2)cc1. The molecule has 1 heterocycles. The zero-order chi connectivity index (χ0) is 15.9. The third-order valence-electron chi connectivity index (χ3n) is 3.09. The van der Waals surface area contributed by atoms with Crippen molar-refractivity contribution in [2.24, 2.45) is 5.92 Å². The summed E-state index contributed by atoms with van der Waals surface area (Å²) in [6.45, 7) is 4.02. The normalized spacial score (nSPS) is 12.2. The minimum absolute atomic E-state index is 0.0739. The van der Waals surface area contributed by atoms with Gasteiger partial charge in [0, 0.05) is 5.69 Å². The van der Waals surface area contributed by atoms with Gasteiger partial charge >= 0.3 is 6.03 Å². The summed E-state index contributed by atoms with van der Waals surface area (Å²) in [5.74, 6) is 0.401. The van der Waals surface area contributed by atoms with Gasteiger partial charge in [0.25, 0.3) is 0 Å². The van der Waals surface area contributed by atoms with E-state index in [-0.39, 0.29) is 18.7 Å². The molecule has 0 saturated heterocycles. The van der Waals surface area contributed by atoms with Gasteiger partial charge in [0.1, 0.15) is 0 Å². The minimum atomic E-state index is -0.329. The minimum Gasteiger partial charge on any atom is -0.394 e. The number of rotatable bonds is 6. The van der Waals surface area contributed by atoms with E-state index in [0.29, 0.717) is 11.6 Å². The smallest absolute Gasteiger partial charge is 0.319 e. The van der Waals surface area contributed by atoms with E-state index in [1.807, 2.05) is 26.0 Å². The maximum Gasteiger partial charge on any atom is 0.319 e. The lowest BCUT2D eigenvalue weighted by atomic mass is 10.0. The number of aliphatic hydroxyl groups is 1. The molecule has 2 rings (SSSR count). The first kappa shape index (κ1) is 16.0. The maximum absolute atomic E-state index is 11.9. The van der Waals surface area contributed by atoms with Crippen molar-refractivity contribution in [1.82, 2.24) is 20.3 Å². The topological polar surface area (TPSA) is 92.1 Å². The van der Waals surface area contributed by atoms with E-state index in [9.17, 15) is 9.90 Å². The summed E-state index contributed by atoms with van der Waals surface area (Å²) in [5.41, 5.74) is 1.47. The van der Waals surface area contributed by atoms with E-state index in [4.69, 9.17) is 0 Å². The molecule has 2 aromatic rings. The van der Waals surface area contributed by atoms with Crippen molar-refractivity contribution in [3.63, 3.8) is 0 Å². The number of nitrogens with one attached hydrogen (secondary N) is 2. The third-order valence-corrected chi connectivity index (χ3v) is 3.09. The molecular formula is C15H21N5O2. The Labute approximate surface area is 129 Å². The van der Waals surface area contributed by atoms with Crippen molar-refractivity contribution in [3.8, 4) is 5.69 Å². The van der Waals surface area contributed by atoms with Crippen LogP contribution in [0.3, 0.4) is 0 Å². The highest BCUT2D eigenvalue weighted by Gasteiger charge is 2.13. The largest absolute Gasteiger partial charge is 0.394 e. The van der Waals surface area contributed by atoms with Crippen LogP contribution in [0.5, 0.6) is 0 Å². The number of aliphatic hydroxyl groups excluding tert-OH is 1. The molecule has 1 aromatic heterocycles. The fourth-order valence-corrected chi connectivity index (χ4v) is 2.13. The molecule has 0 fully saturated rings. The lowest BCUT2D eigenvalue weighted by molar-refractivity contribution is 0.214. The number of aromatic nitrogens is 3. The molecule has 0 aliphatic heterocycles. The van der Waals surface area contributed by atoms with Crippen LogP contribution < -0.4 is 10.6 Å². The number of urea groups is 1. The van der Waals surface area contributed by atoms with Crippen molar-refractivity contribution in [2.45, 2.75) is 26.3 Å².